The maximum Gasteiger partial charge on any atom is 0.165 e. The number of aromatic nitrogens is 4. The van der Waals surface area contributed by atoms with E-state index in [2.05, 4.69) is 40.9 Å². The second-order valence-corrected chi connectivity index (χ2v) is 6.28. The first-order chi connectivity index (χ1) is 8.73. The zero-order chi connectivity index (χ0) is 13.0. The summed E-state index contributed by atoms with van der Waals surface area (Å²) in [4.78, 5) is 0. The summed E-state index contributed by atoms with van der Waals surface area (Å²) in [6.07, 6.45) is 7.04. The number of rotatable bonds is 8. The van der Waals surface area contributed by atoms with Crippen LogP contribution in [-0.2, 0) is 13.1 Å². The molecule has 18 heavy (non-hydrogen) atoms. The molecule has 0 aliphatic heterocycles. The minimum Gasteiger partial charge on any atom is -0.307 e. The van der Waals surface area contributed by atoms with E-state index in [1.165, 1.54) is 12.8 Å². The molecule has 5 nitrogen and oxygen atoms in total. The molecule has 0 atom stereocenters. The highest BCUT2D eigenvalue weighted by Crippen LogP contribution is 2.32. The summed E-state index contributed by atoms with van der Waals surface area (Å²) in [6, 6.07) is 0.692. The molecule has 0 bridgehead atoms. The molecule has 0 unspecified atom stereocenters. The van der Waals surface area contributed by atoms with Crippen LogP contribution >= 0.6 is 11.8 Å². The average molecular weight is 269 g/mol. The molecule has 6 heteroatoms. The summed E-state index contributed by atoms with van der Waals surface area (Å²) in [5, 5.41) is 15.6. The lowest BCUT2D eigenvalue weighted by Gasteiger charge is -2.29. The van der Waals surface area contributed by atoms with Crippen molar-refractivity contribution >= 4 is 11.8 Å². The number of tetrazole rings is 1. The van der Waals surface area contributed by atoms with Crippen molar-refractivity contribution in [3.05, 3.63) is 5.82 Å². The highest BCUT2D eigenvalue weighted by Gasteiger charge is 2.28. The highest BCUT2D eigenvalue weighted by molar-refractivity contribution is 8.00. The van der Waals surface area contributed by atoms with Crippen molar-refractivity contribution in [3.63, 3.8) is 0 Å². The van der Waals surface area contributed by atoms with Crippen molar-refractivity contribution in [2.75, 3.05) is 6.26 Å². The van der Waals surface area contributed by atoms with Gasteiger partial charge in [0.15, 0.2) is 5.82 Å². The molecule has 1 aliphatic carbocycles. The summed E-state index contributed by atoms with van der Waals surface area (Å²) < 4.78 is 2.22. The lowest BCUT2D eigenvalue weighted by Crippen LogP contribution is -2.31. The summed E-state index contributed by atoms with van der Waals surface area (Å²) >= 11 is 1.92. The third-order valence-electron chi connectivity index (χ3n) is 3.89. The third kappa shape index (κ3) is 3.23. The Morgan fingerprint density at radius 3 is 2.67 bits per heavy atom. The van der Waals surface area contributed by atoms with Crippen LogP contribution in [-0.4, -0.2) is 37.3 Å². The maximum atomic E-state index is 4.15. The first kappa shape index (κ1) is 13.8. The van der Waals surface area contributed by atoms with E-state index in [9.17, 15) is 0 Å². The smallest absolute Gasteiger partial charge is 0.165 e. The highest BCUT2D eigenvalue weighted by atomic mass is 32.2. The van der Waals surface area contributed by atoms with E-state index in [0.29, 0.717) is 6.04 Å². The second kappa shape index (κ2) is 6.02. The van der Waals surface area contributed by atoms with Crippen LogP contribution < -0.4 is 5.32 Å². The van der Waals surface area contributed by atoms with Crippen LogP contribution in [0.5, 0.6) is 0 Å². The van der Waals surface area contributed by atoms with Crippen molar-refractivity contribution < 1.29 is 0 Å². The summed E-state index contributed by atoms with van der Waals surface area (Å²) in [5.41, 5.74) is 0. The van der Waals surface area contributed by atoms with Crippen LogP contribution in [0.4, 0.5) is 0 Å². The van der Waals surface area contributed by atoms with Crippen LogP contribution in [0, 0.1) is 0 Å². The van der Waals surface area contributed by atoms with Gasteiger partial charge in [-0.1, -0.05) is 13.8 Å². The molecule has 1 fully saturated rings. The molecule has 1 aliphatic rings. The molecule has 1 heterocycles. The van der Waals surface area contributed by atoms with E-state index in [-0.39, 0.29) is 4.75 Å². The molecule has 1 aromatic rings. The molecule has 0 radical (unpaired) electrons. The van der Waals surface area contributed by atoms with Crippen molar-refractivity contribution in [1.29, 1.82) is 0 Å². The molecule has 0 aromatic carbocycles. The zero-order valence-electron chi connectivity index (χ0n) is 11.5. The van der Waals surface area contributed by atoms with Gasteiger partial charge in [-0.2, -0.15) is 11.8 Å². The molecular weight excluding hydrogens is 246 g/mol. The van der Waals surface area contributed by atoms with E-state index in [4.69, 9.17) is 0 Å². The van der Waals surface area contributed by atoms with Crippen LogP contribution in [0.3, 0.4) is 0 Å². The van der Waals surface area contributed by atoms with Crippen LogP contribution in [0.2, 0.25) is 0 Å². The zero-order valence-corrected chi connectivity index (χ0v) is 12.3. The Labute approximate surface area is 113 Å². The maximum absolute atomic E-state index is 4.15. The van der Waals surface area contributed by atoms with Crippen LogP contribution in [0.25, 0.3) is 0 Å². The first-order valence-electron chi connectivity index (χ1n) is 6.76. The molecule has 0 spiro atoms. The monoisotopic (exact) mass is 269 g/mol. The van der Waals surface area contributed by atoms with Gasteiger partial charge in [-0.25, -0.2) is 4.68 Å². The number of thioether (sulfide) groups is 1. The van der Waals surface area contributed by atoms with Gasteiger partial charge in [-0.05, 0) is 42.4 Å². The van der Waals surface area contributed by atoms with E-state index >= 15 is 0 Å². The average Bonchev–Trinajstić information content (AvgIpc) is 3.14. The van der Waals surface area contributed by atoms with Crippen molar-refractivity contribution in [2.45, 2.75) is 63.4 Å². The third-order valence-corrected chi connectivity index (χ3v) is 5.46. The van der Waals surface area contributed by atoms with Gasteiger partial charge in [0, 0.05) is 10.8 Å². The van der Waals surface area contributed by atoms with E-state index < -0.39 is 0 Å². The molecule has 1 saturated carbocycles. The quantitative estimate of drug-likeness (QED) is 0.780. The van der Waals surface area contributed by atoms with Crippen LogP contribution in [0.1, 0.15) is 45.4 Å². The van der Waals surface area contributed by atoms with E-state index in [1.807, 2.05) is 16.4 Å². The van der Waals surface area contributed by atoms with Crippen molar-refractivity contribution in [3.8, 4) is 0 Å². The van der Waals surface area contributed by atoms with Gasteiger partial charge >= 0.3 is 0 Å². The van der Waals surface area contributed by atoms with Gasteiger partial charge in [0.25, 0.3) is 0 Å². The molecule has 1 N–H and O–H groups in total. The molecular formula is C12H23N5S. The number of hydrogen-bond donors (Lipinski definition) is 1. The Morgan fingerprint density at radius 2 is 2.11 bits per heavy atom. The largest absolute Gasteiger partial charge is 0.307 e. The summed E-state index contributed by atoms with van der Waals surface area (Å²) in [7, 11) is 0. The topological polar surface area (TPSA) is 55.6 Å². The van der Waals surface area contributed by atoms with Gasteiger partial charge in [0.2, 0.25) is 0 Å². The van der Waals surface area contributed by atoms with Crippen molar-refractivity contribution in [2.24, 2.45) is 0 Å². The molecule has 2 rings (SSSR count). The number of nitrogens with one attached hydrogen (secondary N) is 1. The fraction of sp³-hybridized carbons (Fsp3) is 0.917. The Hall–Kier alpha value is -0.620. The molecule has 0 saturated heterocycles. The van der Waals surface area contributed by atoms with E-state index in [0.717, 1.165) is 31.8 Å². The van der Waals surface area contributed by atoms with Gasteiger partial charge in [0.05, 0.1) is 13.1 Å². The second-order valence-electron chi connectivity index (χ2n) is 5.00. The first-order valence-corrected chi connectivity index (χ1v) is 7.99. The summed E-state index contributed by atoms with van der Waals surface area (Å²) in [6.45, 7) is 6.17. The van der Waals surface area contributed by atoms with Gasteiger partial charge in [0.1, 0.15) is 0 Å². The predicted molar refractivity (Wildman–Crippen MR) is 74.5 cm³/mol. The fourth-order valence-corrected chi connectivity index (χ4v) is 2.92. The molecule has 0 amide bonds. The Morgan fingerprint density at radius 1 is 1.39 bits per heavy atom. The van der Waals surface area contributed by atoms with Gasteiger partial charge < -0.3 is 5.32 Å². The minimum absolute atomic E-state index is 0.254. The molecule has 1 aromatic heterocycles. The van der Waals surface area contributed by atoms with Crippen molar-refractivity contribution in [1.82, 2.24) is 25.5 Å². The van der Waals surface area contributed by atoms with E-state index in [1.54, 1.807) is 0 Å². The Balaban J connectivity index is 2.00. The lowest BCUT2D eigenvalue weighted by molar-refractivity contribution is 0.418. The fourth-order valence-electron chi connectivity index (χ4n) is 2.10. The SMILES string of the molecule is CCC(CC)(Cn1nnnc1CNC1CC1)SC. The number of nitrogens with zero attached hydrogens (tertiary/aromatic N) is 4. The Kier molecular flexibility index (Phi) is 4.61. The summed E-state index contributed by atoms with van der Waals surface area (Å²) in [5.74, 6) is 0.960. The van der Waals surface area contributed by atoms with Gasteiger partial charge in [-0.3, -0.25) is 0 Å². The number of hydrogen-bond acceptors (Lipinski definition) is 5. The van der Waals surface area contributed by atoms with Crippen LogP contribution in [0.15, 0.2) is 0 Å². The molecule has 102 valence electrons. The standard InChI is InChI=1S/C12H23N5S/c1-4-12(5-2,18-3)9-17-11(14-15-16-17)8-13-10-6-7-10/h10,13H,4-9H2,1-3H3. The minimum atomic E-state index is 0.254. The predicted octanol–water partition coefficient (Wildman–Crippen LogP) is 1.85. The Bertz CT molecular complexity index is 362. The van der Waals surface area contributed by atoms with Gasteiger partial charge in [-0.15, -0.1) is 5.10 Å². The normalized spacial score (nSPS) is 16.2. The lowest BCUT2D eigenvalue weighted by atomic mass is 10.0.